The van der Waals surface area contributed by atoms with Crippen LogP contribution >= 0.6 is 0 Å². The third kappa shape index (κ3) is 5.08. The summed E-state index contributed by atoms with van der Waals surface area (Å²) < 4.78 is 10.7. The van der Waals surface area contributed by atoms with Crippen LogP contribution in [0.2, 0.25) is 0 Å². The fraction of sp³-hybridized carbons (Fsp3) is 0.500. The van der Waals surface area contributed by atoms with Crippen molar-refractivity contribution >= 4 is 5.91 Å². The van der Waals surface area contributed by atoms with Gasteiger partial charge in [-0.05, 0) is 31.9 Å². The zero-order valence-electron chi connectivity index (χ0n) is 15.9. The number of likely N-dealkylation sites (tertiary alicyclic amines) is 1. The Morgan fingerprint density at radius 1 is 1.22 bits per heavy atom. The van der Waals surface area contributed by atoms with Crippen LogP contribution in [-0.4, -0.2) is 59.2 Å². The highest BCUT2D eigenvalue weighted by molar-refractivity contribution is 5.92. The van der Waals surface area contributed by atoms with Gasteiger partial charge >= 0.3 is 0 Å². The highest BCUT2D eigenvalue weighted by Crippen LogP contribution is 2.29. The van der Waals surface area contributed by atoms with Crippen LogP contribution in [0.25, 0.3) is 0 Å². The van der Waals surface area contributed by atoms with Crippen molar-refractivity contribution in [3.63, 3.8) is 0 Å². The highest BCUT2D eigenvalue weighted by atomic mass is 16.5. The van der Waals surface area contributed by atoms with Crippen LogP contribution in [0.4, 0.5) is 0 Å². The quantitative estimate of drug-likeness (QED) is 0.697. The Bertz CT molecular complexity index is 746. The molecule has 144 valence electrons. The number of methoxy groups -OCH3 is 1. The van der Waals surface area contributed by atoms with E-state index in [9.17, 15) is 4.79 Å². The zero-order valence-corrected chi connectivity index (χ0v) is 15.9. The first-order chi connectivity index (χ1) is 13.2. The van der Waals surface area contributed by atoms with Gasteiger partial charge in [-0.2, -0.15) is 0 Å². The molecule has 0 radical (unpaired) electrons. The van der Waals surface area contributed by atoms with Gasteiger partial charge < -0.3 is 14.4 Å². The zero-order chi connectivity index (χ0) is 19.1. The van der Waals surface area contributed by atoms with Crippen LogP contribution in [0.5, 0.6) is 0 Å². The largest absolute Gasteiger partial charge is 0.382 e. The molecule has 1 aliphatic heterocycles. The van der Waals surface area contributed by atoms with E-state index in [1.807, 2.05) is 30.2 Å². The molecule has 3 rings (SSSR count). The van der Waals surface area contributed by atoms with E-state index >= 15 is 0 Å². The van der Waals surface area contributed by atoms with E-state index in [-0.39, 0.29) is 5.91 Å². The first-order valence-corrected chi connectivity index (χ1v) is 9.28. The van der Waals surface area contributed by atoms with Crippen molar-refractivity contribution in [1.29, 1.82) is 0 Å². The first-order valence-electron chi connectivity index (χ1n) is 9.28. The molecule has 0 aliphatic carbocycles. The molecular formula is C20H26N4O3. The summed E-state index contributed by atoms with van der Waals surface area (Å²) in [5, 5.41) is 0. The lowest BCUT2D eigenvalue weighted by Gasteiger charge is -2.32. The van der Waals surface area contributed by atoms with Gasteiger partial charge in [-0.3, -0.25) is 9.78 Å². The molecule has 0 spiro atoms. The fourth-order valence-corrected chi connectivity index (χ4v) is 3.31. The lowest BCUT2D eigenvalue weighted by Crippen LogP contribution is -2.38. The van der Waals surface area contributed by atoms with Crippen LogP contribution in [0.1, 0.15) is 46.3 Å². The van der Waals surface area contributed by atoms with E-state index in [0.29, 0.717) is 44.5 Å². The lowest BCUT2D eigenvalue weighted by molar-refractivity contribution is 0.0604. The molecule has 1 fully saturated rings. The fourth-order valence-electron chi connectivity index (χ4n) is 3.31. The maximum absolute atomic E-state index is 12.6. The number of carbonyl (C=O) groups is 1. The average Bonchev–Trinajstić information content (AvgIpc) is 2.72. The average molecular weight is 370 g/mol. The van der Waals surface area contributed by atoms with Crippen molar-refractivity contribution in [2.24, 2.45) is 0 Å². The van der Waals surface area contributed by atoms with Crippen LogP contribution in [0, 0.1) is 6.92 Å². The van der Waals surface area contributed by atoms with Crippen LogP contribution in [0.3, 0.4) is 0 Å². The number of amides is 1. The number of aryl methyl sites for hydroxylation is 1. The second-order valence-electron chi connectivity index (χ2n) is 6.65. The number of carbonyl (C=O) groups excluding carboxylic acids is 1. The number of aromatic nitrogens is 3. The van der Waals surface area contributed by atoms with Crippen molar-refractivity contribution in [3.05, 3.63) is 53.4 Å². The molecule has 2 aromatic rings. The van der Waals surface area contributed by atoms with Crippen molar-refractivity contribution in [2.45, 2.75) is 32.3 Å². The van der Waals surface area contributed by atoms with E-state index in [4.69, 9.17) is 9.47 Å². The number of nitrogens with zero attached hydrogens (tertiary/aromatic N) is 4. The number of ether oxygens (including phenoxy) is 2. The van der Waals surface area contributed by atoms with Gasteiger partial charge in [0.25, 0.3) is 5.91 Å². The molecular weight excluding hydrogens is 344 g/mol. The van der Waals surface area contributed by atoms with Crippen molar-refractivity contribution < 1.29 is 14.3 Å². The molecule has 0 aromatic carbocycles. The van der Waals surface area contributed by atoms with Crippen LogP contribution in [0.15, 0.2) is 30.6 Å². The SMILES string of the molecule is COCCOCc1cnc(C)nc1C1CCN(C(=O)c2ccccn2)CC1. The molecule has 0 unspecified atom stereocenters. The summed E-state index contributed by atoms with van der Waals surface area (Å²) in [6, 6.07) is 5.42. The summed E-state index contributed by atoms with van der Waals surface area (Å²) >= 11 is 0. The molecule has 0 bridgehead atoms. The Hall–Kier alpha value is -2.38. The molecule has 7 nitrogen and oxygen atoms in total. The molecule has 2 aromatic heterocycles. The molecule has 1 saturated heterocycles. The van der Waals surface area contributed by atoms with Gasteiger partial charge in [-0.1, -0.05) is 6.07 Å². The lowest BCUT2D eigenvalue weighted by atomic mass is 9.90. The second kappa shape index (κ2) is 9.53. The van der Waals surface area contributed by atoms with E-state index in [1.165, 1.54) is 0 Å². The molecule has 0 N–H and O–H groups in total. The maximum Gasteiger partial charge on any atom is 0.272 e. The number of piperidine rings is 1. The van der Waals surface area contributed by atoms with Gasteiger partial charge in [-0.25, -0.2) is 9.97 Å². The molecule has 1 amide bonds. The van der Waals surface area contributed by atoms with Crippen molar-refractivity contribution in [3.8, 4) is 0 Å². The Morgan fingerprint density at radius 2 is 2.04 bits per heavy atom. The first kappa shape index (κ1) is 19.4. The Labute approximate surface area is 159 Å². The Kier molecular flexibility index (Phi) is 6.84. The third-order valence-corrected chi connectivity index (χ3v) is 4.76. The van der Waals surface area contributed by atoms with E-state index in [2.05, 4.69) is 15.0 Å². The summed E-state index contributed by atoms with van der Waals surface area (Å²) in [5.41, 5.74) is 2.57. The Balaban J connectivity index is 1.63. The number of hydrogen-bond donors (Lipinski definition) is 0. The van der Waals surface area contributed by atoms with Crippen molar-refractivity contribution in [2.75, 3.05) is 33.4 Å². The minimum Gasteiger partial charge on any atom is -0.382 e. The normalized spacial score (nSPS) is 15.1. The van der Waals surface area contributed by atoms with Gasteiger partial charge in [-0.15, -0.1) is 0 Å². The molecule has 1 aliphatic rings. The number of hydrogen-bond acceptors (Lipinski definition) is 6. The molecule has 7 heteroatoms. The number of pyridine rings is 1. The van der Waals surface area contributed by atoms with Crippen LogP contribution in [-0.2, 0) is 16.1 Å². The maximum atomic E-state index is 12.6. The van der Waals surface area contributed by atoms with Gasteiger partial charge in [0.2, 0.25) is 0 Å². The smallest absolute Gasteiger partial charge is 0.272 e. The second-order valence-corrected chi connectivity index (χ2v) is 6.65. The summed E-state index contributed by atoms with van der Waals surface area (Å²) in [5.74, 6) is 1.06. The predicted molar refractivity (Wildman–Crippen MR) is 100 cm³/mol. The molecule has 27 heavy (non-hydrogen) atoms. The van der Waals surface area contributed by atoms with Crippen LogP contribution < -0.4 is 0 Å². The number of rotatable bonds is 7. The summed E-state index contributed by atoms with van der Waals surface area (Å²) in [7, 11) is 1.66. The van der Waals surface area contributed by atoms with Gasteiger partial charge in [0.05, 0.1) is 25.5 Å². The monoisotopic (exact) mass is 370 g/mol. The summed E-state index contributed by atoms with van der Waals surface area (Å²) in [6.45, 7) is 4.89. The summed E-state index contributed by atoms with van der Waals surface area (Å²) in [6.07, 6.45) is 5.26. The van der Waals surface area contributed by atoms with E-state index < -0.39 is 0 Å². The Morgan fingerprint density at radius 3 is 2.74 bits per heavy atom. The van der Waals surface area contributed by atoms with E-state index in [1.54, 1.807) is 19.4 Å². The minimum absolute atomic E-state index is 0.00367. The molecule has 0 atom stereocenters. The summed E-state index contributed by atoms with van der Waals surface area (Å²) in [4.78, 5) is 27.6. The molecule has 3 heterocycles. The van der Waals surface area contributed by atoms with E-state index in [0.717, 1.165) is 29.9 Å². The minimum atomic E-state index is -0.00367. The van der Waals surface area contributed by atoms with Gasteiger partial charge in [0.1, 0.15) is 11.5 Å². The van der Waals surface area contributed by atoms with Crippen molar-refractivity contribution in [1.82, 2.24) is 19.9 Å². The molecule has 0 saturated carbocycles. The standard InChI is InChI=1S/C20H26N4O3/c1-15-22-13-17(14-27-12-11-26-2)19(23-15)16-6-9-24(10-7-16)20(25)18-5-3-4-8-21-18/h3-5,8,13,16H,6-7,9-12,14H2,1-2H3. The van der Waals surface area contributed by atoms with Gasteiger partial charge in [0, 0.05) is 44.1 Å². The highest BCUT2D eigenvalue weighted by Gasteiger charge is 2.27. The predicted octanol–water partition coefficient (Wildman–Crippen LogP) is 2.36. The van der Waals surface area contributed by atoms with Gasteiger partial charge in [0.15, 0.2) is 0 Å². The third-order valence-electron chi connectivity index (χ3n) is 4.76. The topological polar surface area (TPSA) is 77.4 Å².